The van der Waals surface area contributed by atoms with Crippen LogP contribution in [0.4, 0.5) is 0 Å². The van der Waals surface area contributed by atoms with E-state index in [9.17, 15) is 0 Å². The summed E-state index contributed by atoms with van der Waals surface area (Å²) < 4.78 is 1.73. The van der Waals surface area contributed by atoms with Crippen LogP contribution < -0.4 is 0 Å². The maximum Gasteiger partial charge on any atom is 0.160 e. The highest BCUT2D eigenvalue weighted by Gasteiger charge is 2.08. The fourth-order valence-electron chi connectivity index (χ4n) is 0.919. The molecule has 0 amide bonds. The monoisotopic (exact) mass is 281 g/mol. The van der Waals surface area contributed by atoms with Crippen LogP contribution in [0.5, 0.6) is 0 Å². The Morgan fingerprint density at radius 2 is 1.92 bits per heavy atom. The van der Waals surface area contributed by atoms with Gasteiger partial charge in [0.15, 0.2) is 3.92 Å². The van der Waals surface area contributed by atoms with Crippen molar-refractivity contribution in [3.63, 3.8) is 0 Å². The minimum atomic E-state index is 0.636. The maximum atomic E-state index is 5.93. The lowest BCUT2D eigenvalue weighted by Gasteiger charge is -1.92. The van der Waals surface area contributed by atoms with Gasteiger partial charge in [-0.1, -0.05) is 23.2 Å². The molecule has 2 aromatic rings. The van der Waals surface area contributed by atoms with Gasteiger partial charge in [-0.15, -0.1) is 11.3 Å². The molecule has 0 aliphatic rings. The summed E-state index contributed by atoms with van der Waals surface area (Å²) >= 11 is 16.6. The zero-order valence-electron chi connectivity index (χ0n) is 5.64. The standard InChI is InChI=1S/C7H2BrCl2NS/c8-7-11-5-3(9)1-2-4(10)6(5)12-7/h1-2H. The molecule has 1 aromatic heterocycles. The smallest absolute Gasteiger partial charge is 0.160 e. The summed E-state index contributed by atoms with van der Waals surface area (Å²) in [5.41, 5.74) is 0.765. The van der Waals surface area contributed by atoms with Crippen LogP contribution in [0.1, 0.15) is 0 Å². The molecule has 0 saturated heterocycles. The van der Waals surface area contributed by atoms with Crippen molar-refractivity contribution in [3.05, 3.63) is 26.1 Å². The Labute approximate surface area is 91.4 Å². The van der Waals surface area contributed by atoms with Crippen LogP contribution in [0, 0.1) is 0 Å². The molecule has 0 unspecified atom stereocenters. The second kappa shape index (κ2) is 3.14. The van der Waals surface area contributed by atoms with E-state index in [0.717, 1.165) is 14.1 Å². The SMILES string of the molecule is Clc1ccc(Cl)c2sc(Br)nc12. The highest BCUT2D eigenvalue weighted by Crippen LogP contribution is 2.35. The number of thiazole rings is 1. The maximum absolute atomic E-state index is 5.93. The summed E-state index contributed by atoms with van der Waals surface area (Å²) in [6, 6.07) is 3.52. The van der Waals surface area contributed by atoms with E-state index in [1.807, 2.05) is 0 Å². The number of nitrogens with zero attached hydrogens (tertiary/aromatic N) is 1. The van der Waals surface area contributed by atoms with Crippen molar-refractivity contribution < 1.29 is 0 Å². The largest absolute Gasteiger partial charge is 0.227 e. The van der Waals surface area contributed by atoms with Gasteiger partial charge in [0.25, 0.3) is 0 Å². The van der Waals surface area contributed by atoms with E-state index in [1.165, 1.54) is 11.3 Å². The van der Waals surface area contributed by atoms with Crippen molar-refractivity contribution in [3.8, 4) is 0 Å². The average molecular weight is 283 g/mol. The molecule has 0 atom stereocenters. The molecule has 0 fully saturated rings. The quantitative estimate of drug-likeness (QED) is 0.699. The summed E-state index contributed by atoms with van der Waals surface area (Å²) in [4.78, 5) is 4.19. The third-order valence-electron chi connectivity index (χ3n) is 1.42. The Morgan fingerprint density at radius 3 is 2.58 bits per heavy atom. The molecular formula is C7H2BrCl2NS. The van der Waals surface area contributed by atoms with Gasteiger partial charge < -0.3 is 0 Å². The fourth-order valence-corrected chi connectivity index (χ4v) is 2.83. The lowest BCUT2D eigenvalue weighted by atomic mass is 10.3. The van der Waals surface area contributed by atoms with Crippen LogP contribution in [0.2, 0.25) is 10.0 Å². The van der Waals surface area contributed by atoms with E-state index in [2.05, 4.69) is 20.9 Å². The van der Waals surface area contributed by atoms with Crippen molar-refractivity contribution in [2.45, 2.75) is 0 Å². The lowest BCUT2D eigenvalue weighted by molar-refractivity contribution is 1.45. The first-order valence-corrected chi connectivity index (χ1v) is 5.45. The van der Waals surface area contributed by atoms with Crippen molar-refractivity contribution in [1.29, 1.82) is 0 Å². The van der Waals surface area contributed by atoms with Crippen molar-refractivity contribution in [2.24, 2.45) is 0 Å². The van der Waals surface area contributed by atoms with Gasteiger partial charge in [-0.3, -0.25) is 0 Å². The summed E-state index contributed by atoms with van der Waals surface area (Å²) in [5.74, 6) is 0. The minimum Gasteiger partial charge on any atom is -0.227 e. The average Bonchev–Trinajstić information content (AvgIpc) is 2.41. The van der Waals surface area contributed by atoms with Crippen LogP contribution in [0.25, 0.3) is 10.2 Å². The Hall–Kier alpha value is 0.170. The molecule has 1 nitrogen and oxygen atoms in total. The third-order valence-corrected chi connectivity index (χ3v) is 3.69. The van der Waals surface area contributed by atoms with E-state index >= 15 is 0 Å². The van der Waals surface area contributed by atoms with Gasteiger partial charge in [0.1, 0.15) is 5.52 Å². The molecule has 2 rings (SSSR count). The molecule has 0 aliphatic carbocycles. The van der Waals surface area contributed by atoms with E-state index in [-0.39, 0.29) is 0 Å². The normalized spacial score (nSPS) is 10.9. The fraction of sp³-hybridized carbons (Fsp3) is 0. The molecule has 1 heterocycles. The van der Waals surface area contributed by atoms with Crippen LogP contribution in [0.3, 0.4) is 0 Å². The predicted octanol–water partition coefficient (Wildman–Crippen LogP) is 4.37. The zero-order chi connectivity index (χ0) is 8.72. The van der Waals surface area contributed by atoms with E-state index < -0.39 is 0 Å². The lowest BCUT2D eigenvalue weighted by Crippen LogP contribution is -1.70. The first kappa shape index (κ1) is 8.75. The second-order valence-corrected chi connectivity index (χ2v) is 5.26. The number of hydrogen-bond acceptors (Lipinski definition) is 2. The summed E-state index contributed by atoms with van der Waals surface area (Å²) in [5, 5.41) is 1.33. The van der Waals surface area contributed by atoms with Crippen LogP contribution >= 0.6 is 50.5 Å². The van der Waals surface area contributed by atoms with Crippen LogP contribution in [0.15, 0.2) is 16.0 Å². The molecule has 0 aliphatic heterocycles. The van der Waals surface area contributed by atoms with Gasteiger partial charge >= 0.3 is 0 Å². The van der Waals surface area contributed by atoms with Crippen molar-refractivity contribution >= 4 is 60.7 Å². The van der Waals surface area contributed by atoms with E-state index in [0.29, 0.717) is 10.0 Å². The van der Waals surface area contributed by atoms with Gasteiger partial charge in [-0.05, 0) is 28.1 Å². The molecule has 62 valence electrons. The van der Waals surface area contributed by atoms with Gasteiger partial charge in [0, 0.05) is 0 Å². The Balaban J connectivity index is 2.93. The molecule has 1 aromatic carbocycles. The predicted molar refractivity (Wildman–Crippen MR) is 57.3 cm³/mol. The Kier molecular flexibility index (Phi) is 2.29. The molecule has 0 saturated carbocycles. The number of rotatable bonds is 0. The molecule has 12 heavy (non-hydrogen) atoms. The van der Waals surface area contributed by atoms with Gasteiger partial charge in [0.2, 0.25) is 0 Å². The molecular weight excluding hydrogens is 281 g/mol. The topological polar surface area (TPSA) is 12.9 Å². The Bertz CT molecular complexity index is 401. The number of fused-ring (bicyclic) bond motifs is 1. The molecule has 0 spiro atoms. The van der Waals surface area contributed by atoms with Gasteiger partial charge in [-0.25, -0.2) is 4.98 Å². The first-order valence-electron chi connectivity index (χ1n) is 3.08. The minimum absolute atomic E-state index is 0.636. The first-order chi connectivity index (χ1) is 5.68. The van der Waals surface area contributed by atoms with Gasteiger partial charge in [0.05, 0.1) is 14.7 Å². The third kappa shape index (κ3) is 1.35. The molecule has 0 N–H and O–H groups in total. The number of hydrogen-bond donors (Lipinski definition) is 0. The Morgan fingerprint density at radius 1 is 1.25 bits per heavy atom. The highest BCUT2D eigenvalue weighted by atomic mass is 79.9. The summed E-state index contributed by atoms with van der Waals surface area (Å²) in [7, 11) is 0. The number of benzene rings is 1. The molecule has 0 radical (unpaired) electrons. The van der Waals surface area contributed by atoms with E-state index in [4.69, 9.17) is 23.2 Å². The van der Waals surface area contributed by atoms with Crippen LogP contribution in [-0.4, -0.2) is 4.98 Å². The number of aromatic nitrogens is 1. The summed E-state index contributed by atoms with van der Waals surface area (Å²) in [6.45, 7) is 0. The van der Waals surface area contributed by atoms with Crippen molar-refractivity contribution in [2.75, 3.05) is 0 Å². The summed E-state index contributed by atoms with van der Waals surface area (Å²) in [6.07, 6.45) is 0. The van der Waals surface area contributed by atoms with Gasteiger partial charge in [-0.2, -0.15) is 0 Å². The second-order valence-electron chi connectivity index (χ2n) is 2.17. The highest BCUT2D eigenvalue weighted by molar-refractivity contribution is 9.11. The molecule has 5 heteroatoms. The van der Waals surface area contributed by atoms with Crippen LogP contribution in [-0.2, 0) is 0 Å². The zero-order valence-corrected chi connectivity index (χ0v) is 9.56. The number of halogens is 3. The molecule has 0 bridgehead atoms. The van der Waals surface area contributed by atoms with E-state index in [1.54, 1.807) is 12.1 Å². The van der Waals surface area contributed by atoms with Crippen molar-refractivity contribution in [1.82, 2.24) is 4.98 Å².